The number of nitrogens with one attached hydrogen (secondary N) is 3. The van der Waals surface area contributed by atoms with Crippen LogP contribution >= 0.6 is 0 Å². The second-order valence-electron chi connectivity index (χ2n) is 9.18. The van der Waals surface area contributed by atoms with Crippen LogP contribution in [0.5, 0.6) is 0 Å². The van der Waals surface area contributed by atoms with E-state index in [9.17, 15) is 22.4 Å². The molecule has 2 aromatic rings. The van der Waals surface area contributed by atoms with Gasteiger partial charge in [0.25, 0.3) is 0 Å². The molecule has 9 heteroatoms. The zero-order valence-electron chi connectivity index (χ0n) is 20.1. The van der Waals surface area contributed by atoms with Crippen LogP contribution in [0.3, 0.4) is 0 Å². The van der Waals surface area contributed by atoms with Crippen molar-refractivity contribution in [2.24, 2.45) is 5.92 Å². The van der Waals surface area contributed by atoms with E-state index in [1.54, 1.807) is 24.3 Å². The highest BCUT2D eigenvalue weighted by molar-refractivity contribution is 7.90. The highest BCUT2D eigenvalue weighted by atomic mass is 32.2. The standard InChI is InChI=1S/C26H34FN3O4S/c1-35(33,34)23-13-7-20(8-14-23)18-25(31)30-24(17-19-5-3-2-4-6-19)26(32)29-16-15-28-22-11-9-21(27)10-12-22/h7-14,19,24,28H,2-6,15-18H2,1H3,(H,29,32)(H,30,31)/t24-/m0/s1. The fourth-order valence-electron chi connectivity index (χ4n) is 4.36. The molecule has 35 heavy (non-hydrogen) atoms. The van der Waals surface area contributed by atoms with Crippen LogP contribution in [0.4, 0.5) is 10.1 Å². The van der Waals surface area contributed by atoms with Crippen molar-refractivity contribution in [3.8, 4) is 0 Å². The molecule has 0 radical (unpaired) electrons. The predicted octanol–water partition coefficient (Wildman–Crippen LogP) is 3.46. The van der Waals surface area contributed by atoms with Gasteiger partial charge in [-0.1, -0.05) is 44.2 Å². The lowest BCUT2D eigenvalue weighted by Crippen LogP contribution is -2.49. The van der Waals surface area contributed by atoms with E-state index in [0.29, 0.717) is 31.0 Å². The fraction of sp³-hybridized carbons (Fsp3) is 0.462. The van der Waals surface area contributed by atoms with Gasteiger partial charge in [-0.3, -0.25) is 9.59 Å². The number of hydrogen-bond acceptors (Lipinski definition) is 5. The molecule has 1 fully saturated rings. The molecule has 0 aromatic heterocycles. The lowest BCUT2D eigenvalue weighted by Gasteiger charge is -2.26. The summed E-state index contributed by atoms with van der Waals surface area (Å²) in [5, 5.41) is 8.91. The van der Waals surface area contributed by atoms with Crippen molar-refractivity contribution in [3.05, 3.63) is 59.9 Å². The van der Waals surface area contributed by atoms with Crippen molar-refractivity contribution < 1.29 is 22.4 Å². The molecule has 3 rings (SSSR count). The third-order valence-electron chi connectivity index (χ3n) is 6.26. The highest BCUT2D eigenvalue weighted by Crippen LogP contribution is 2.27. The molecule has 190 valence electrons. The van der Waals surface area contributed by atoms with Crippen LogP contribution in [0.1, 0.15) is 44.1 Å². The summed E-state index contributed by atoms with van der Waals surface area (Å²) in [6.07, 6.45) is 7.39. The number of carbonyl (C=O) groups excluding carboxylic acids is 2. The average Bonchev–Trinajstić information content (AvgIpc) is 2.83. The molecule has 0 heterocycles. The number of amides is 2. The van der Waals surface area contributed by atoms with Gasteiger partial charge < -0.3 is 16.0 Å². The molecule has 1 aliphatic rings. The smallest absolute Gasteiger partial charge is 0.242 e. The zero-order chi connectivity index (χ0) is 25.3. The maximum Gasteiger partial charge on any atom is 0.242 e. The van der Waals surface area contributed by atoms with Gasteiger partial charge in [-0.25, -0.2) is 12.8 Å². The molecule has 0 aliphatic heterocycles. The Morgan fingerprint density at radius 3 is 2.26 bits per heavy atom. The molecular formula is C26H34FN3O4S. The minimum atomic E-state index is -3.30. The topological polar surface area (TPSA) is 104 Å². The lowest BCUT2D eigenvalue weighted by atomic mass is 9.84. The van der Waals surface area contributed by atoms with Gasteiger partial charge >= 0.3 is 0 Å². The summed E-state index contributed by atoms with van der Waals surface area (Å²) in [5.74, 6) is -0.419. The molecule has 1 aliphatic carbocycles. The van der Waals surface area contributed by atoms with Gasteiger partial charge in [0.15, 0.2) is 9.84 Å². The Morgan fingerprint density at radius 2 is 1.63 bits per heavy atom. The van der Waals surface area contributed by atoms with Crippen molar-refractivity contribution in [3.63, 3.8) is 0 Å². The van der Waals surface area contributed by atoms with Crippen molar-refractivity contribution in [2.75, 3.05) is 24.7 Å². The Morgan fingerprint density at radius 1 is 0.971 bits per heavy atom. The van der Waals surface area contributed by atoms with E-state index in [-0.39, 0.29) is 28.9 Å². The van der Waals surface area contributed by atoms with Gasteiger partial charge in [0.1, 0.15) is 11.9 Å². The Hall–Kier alpha value is -2.94. The molecule has 0 saturated heterocycles. The molecule has 1 atom stereocenters. The Labute approximate surface area is 206 Å². The Kier molecular flexibility index (Phi) is 9.65. The van der Waals surface area contributed by atoms with Gasteiger partial charge in [0.2, 0.25) is 11.8 Å². The third kappa shape index (κ3) is 8.98. The van der Waals surface area contributed by atoms with Crippen LogP contribution in [0, 0.1) is 11.7 Å². The van der Waals surface area contributed by atoms with Crippen molar-refractivity contribution in [1.29, 1.82) is 0 Å². The van der Waals surface area contributed by atoms with Crippen molar-refractivity contribution in [1.82, 2.24) is 10.6 Å². The van der Waals surface area contributed by atoms with Gasteiger partial charge in [0.05, 0.1) is 11.3 Å². The van der Waals surface area contributed by atoms with Gasteiger partial charge in [0, 0.05) is 25.0 Å². The quantitative estimate of drug-likeness (QED) is 0.408. The van der Waals surface area contributed by atoms with E-state index < -0.39 is 15.9 Å². The normalized spacial score (nSPS) is 15.3. The first-order chi connectivity index (χ1) is 16.7. The number of anilines is 1. The monoisotopic (exact) mass is 503 g/mol. The van der Waals surface area contributed by atoms with Crippen LogP contribution < -0.4 is 16.0 Å². The summed E-state index contributed by atoms with van der Waals surface area (Å²) < 4.78 is 36.3. The van der Waals surface area contributed by atoms with Gasteiger partial charge in [-0.05, 0) is 54.3 Å². The number of halogens is 1. The molecule has 0 bridgehead atoms. The van der Waals surface area contributed by atoms with E-state index in [2.05, 4.69) is 16.0 Å². The van der Waals surface area contributed by atoms with Crippen LogP contribution in [-0.2, 0) is 25.8 Å². The van der Waals surface area contributed by atoms with Crippen LogP contribution in [0.25, 0.3) is 0 Å². The zero-order valence-corrected chi connectivity index (χ0v) is 20.9. The van der Waals surface area contributed by atoms with Gasteiger partial charge in [-0.2, -0.15) is 0 Å². The summed E-state index contributed by atoms with van der Waals surface area (Å²) in [5.41, 5.74) is 1.44. The fourth-order valence-corrected chi connectivity index (χ4v) is 4.99. The van der Waals surface area contributed by atoms with E-state index in [4.69, 9.17) is 0 Å². The second kappa shape index (κ2) is 12.7. The first-order valence-electron chi connectivity index (χ1n) is 12.1. The summed E-state index contributed by atoms with van der Waals surface area (Å²) in [6, 6.07) is 11.6. The first-order valence-corrected chi connectivity index (χ1v) is 14.0. The number of benzene rings is 2. The van der Waals surface area contributed by atoms with Crippen LogP contribution in [0.2, 0.25) is 0 Å². The largest absolute Gasteiger partial charge is 0.383 e. The first kappa shape index (κ1) is 26.7. The third-order valence-corrected chi connectivity index (χ3v) is 7.39. The summed E-state index contributed by atoms with van der Waals surface area (Å²) in [7, 11) is -3.30. The molecule has 0 unspecified atom stereocenters. The Bertz CT molecular complexity index is 1080. The summed E-state index contributed by atoms with van der Waals surface area (Å²) >= 11 is 0. The molecule has 2 aromatic carbocycles. The molecule has 1 saturated carbocycles. The molecular weight excluding hydrogens is 469 g/mol. The minimum Gasteiger partial charge on any atom is -0.383 e. The molecule has 7 nitrogen and oxygen atoms in total. The Balaban J connectivity index is 1.54. The average molecular weight is 504 g/mol. The maximum atomic E-state index is 13.0. The highest BCUT2D eigenvalue weighted by Gasteiger charge is 2.25. The number of carbonyl (C=O) groups is 2. The molecule has 3 N–H and O–H groups in total. The van der Waals surface area contributed by atoms with E-state index in [1.165, 1.54) is 30.7 Å². The minimum absolute atomic E-state index is 0.0601. The lowest BCUT2D eigenvalue weighted by molar-refractivity contribution is -0.129. The van der Waals surface area contributed by atoms with Crippen molar-refractivity contribution >= 4 is 27.3 Å². The summed E-state index contributed by atoms with van der Waals surface area (Å²) in [6.45, 7) is 0.828. The number of sulfone groups is 1. The van der Waals surface area contributed by atoms with Crippen LogP contribution in [0.15, 0.2) is 53.4 Å². The molecule has 2 amide bonds. The predicted molar refractivity (Wildman–Crippen MR) is 134 cm³/mol. The van der Waals surface area contributed by atoms with E-state index >= 15 is 0 Å². The van der Waals surface area contributed by atoms with E-state index in [0.717, 1.165) is 37.6 Å². The van der Waals surface area contributed by atoms with Crippen molar-refractivity contribution in [2.45, 2.75) is 55.9 Å². The molecule has 0 spiro atoms. The summed E-state index contributed by atoms with van der Waals surface area (Å²) in [4.78, 5) is 25.9. The maximum absolute atomic E-state index is 13.0. The SMILES string of the molecule is CS(=O)(=O)c1ccc(CC(=O)N[C@@H](CC2CCCCC2)C(=O)NCCNc2ccc(F)cc2)cc1. The van der Waals surface area contributed by atoms with Gasteiger partial charge in [-0.15, -0.1) is 0 Å². The van der Waals surface area contributed by atoms with Crippen LogP contribution in [-0.4, -0.2) is 45.6 Å². The number of rotatable bonds is 11. The second-order valence-corrected chi connectivity index (χ2v) is 11.2. The number of hydrogen-bond donors (Lipinski definition) is 3. The van der Waals surface area contributed by atoms with E-state index in [1.807, 2.05) is 0 Å².